The lowest BCUT2D eigenvalue weighted by molar-refractivity contribution is 0.104. The number of aryl methyl sites for hydroxylation is 1. The topological polar surface area (TPSA) is 17.1 Å². The van der Waals surface area contributed by atoms with E-state index in [1.54, 1.807) is 23.1 Å². The predicted molar refractivity (Wildman–Crippen MR) is 73.7 cm³/mol. The quantitative estimate of drug-likeness (QED) is 0.706. The van der Waals surface area contributed by atoms with E-state index in [4.69, 9.17) is 0 Å². The highest BCUT2D eigenvalue weighted by Gasteiger charge is 2.25. The van der Waals surface area contributed by atoms with Gasteiger partial charge in [-0.15, -0.1) is 11.3 Å². The van der Waals surface area contributed by atoms with Crippen LogP contribution >= 0.6 is 23.1 Å². The monoisotopic (exact) mass is 258 g/mol. The maximum atomic E-state index is 12.1. The summed E-state index contributed by atoms with van der Waals surface area (Å²) in [6.45, 7) is 2.07. The van der Waals surface area contributed by atoms with Crippen LogP contribution in [0.15, 0.2) is 45.5 Å². The Morgan fingerprint density at radius 1 is 1.18 bits per heavy atom. The third kappa shape index (κ3) is 1.85. The molecule has 3 rings (SSSR count). The summed E-state index contributed by atoms with van der Waals surface area (Å²) in [5.41, 5.74) is 2.06. The van der Waals surface area contributed by atoms with Crippen LogP contribution in [0.2, 0.25) is 0 Å². The van der Waals surface area contributed by atoms with Gasteiger partial charge in [0.25, 0.3) is 0 Å². The summed E-state index contributed by atoms with van der Waals surface area (Å²) >= 11 is 3.24. The molecule has 2 aromatic rings. The van der Waals surface area contributed by atoms with E-state index in [0.717, 1.165) is 15.4 Å². The summed E-state index contributed by atoms with van der Waals surface area (Å²) in [6, 6.07) is 9.86. The molecule has 0 unspecified atom stereocenters. The number of ketones is 1. The second-order valence-corrected chi connectivity index (χ2v) is 5.94. The average molecular weight is 258 g/mol. The Kier molecular flexibility index (Phi) is 2.65. The summed E-state index contributed by atoms with van der Waals surface area (Å²) in [7, 11) is 0. The van der Waals surface area contributed by atoms with Crippen molar-refractivity contribution in [1.82, 2.24) is 0 Å². The number of fused-ring (bicyclic) bond motifs is 1. The highest BCUT2D eigenvalue weighted by atomic mass is 32.2. The Labute approximate surface area is 108 Å². The van der Waals surface area contributed by atoms with Gasteiger partial charge in [0.2, 0.25) is 5.78 Å². The number of thiophene rings is 1. The number of carbonyl (C=O) groups excluding carboxylic acids is 1. The van der Waals surface area contributed by atoms with E-state index < -0.39 is 0 Å². The van der Waals surface area contributed by atoms with Crippen LogP contribution in [0.3, 0.4) is 0 Å². The van der Waals surface area contributed by atoms with Gasteiger partial charge in [0.05, 0.1) is 4.91 Å². The molecule has 84 valence electrons. The van der Waals surface area contributed by atoms with Gasteiger partial charge in [-0.25, -0.2) is 0 Å². The van der Waals surface area contributed by atoms with E-state index in [-0.39, 0.29) is 5.78 Å². The fourth-order valence-corrected chi connectivity index (χ4v) is 3.75. The van der Waals surface area contributed by atoms with Gasteiger partial charge in [-0.3, -0.25) is 4.79 Å². The van der Waals surface area contributed by atoms with Crippen LogP contribution < -0.4 is 0 Å². The Hall–Kier alpha value is -1.32. The van der Waals surface area contributed by atoms with Crippen molar-refractivity contribution in [1.29, 1.82) is 0 Å². The lowest BCUT2D eigenvalue weighted by Gasteiger charge is -1.94. The van der Waals surface area contributed by atoms with Crippen LogP contribution in [0.4, 0.5) is 0 Å². The molecule has 1 aliphatic rings. The normalized spacial score (nSPS) is 16.5. The maximum absolute atomic E-state index is 12.1. The molecule has 1 aromatic carbocycles. The predicted octanol–water partition coefficient (Wildman–Crippen LogP) is 4.39. The third-order valence-electron chi connectivity index (χ3n) is 2.74. The van der Waals surface area contributed by atoms with Crippen LogP contribution in [0.25, 0.3) is 6.08 Å². The summed E-state index contributed by atoms with van der Waals surface area (Å²) in [5, 5.41) is 2.05. The molecule has 0 atom stereocenters. The molecule has 0 amide bonds. The minimum absolute atomic E-state index is 0.151. The summed E-state index contributed by atoms with van der Waals surface area (Å²) in [5.74, 6) is 0.151. The van der Waals surface area contributed by atoms with Crippen LogP contribution in [0.1, 0.15) is 20.8 Å². The van der Waals surface area contributed by atoms with Gasteiger partial charge in [0.15, 0.2) is 0 Å². The minimum atomic E-state index is 0.151. The van der Waals surface area contributed by atoms with Crippen LogP contribution in [-0.2, 0) is 0 Å². The summed E-state index contributed by atoms with van der Waals surface area (Å²) in [6.07, 6.45) is 2.01. The molecule has 0 saturated heterocycles. The van der Waals surface area contributed by atoms with Gasteiger partial charge < -0.3 is 0 Å². The maximum Gasteiger partial charge on any atom is 0.200 e. The molecule has 1 aliphatic heterocycles. The smallest absolute Gasteiger partial charge is 0.200 e. The minimum Gasteiger partial charge on any atom is -0.288 e. The number of carbonyl (C=O) groups is 1. The molecule has 0 aliphatic carbocycles. The number of thioether (sulfide) groups is 1. The van der Waals surface area contributed by atoms with Crippen molar-refractivity contribution >= 4 is 35.0 Å². The molecule has 3 heteroatoms. The molecule has 0 bridgehead atoms. The SMILES string of the molecule is Cc1ccsc1C=C1Sc2ccccc2C1=O. The first-order valence-electron chi connectivity index (χ1n) is 5.33. The van der Waals surface area contributed by atoms with Crippen molar-refractivity contribution in [3.05, 3.63) is 56.6 Å². The molecule has 0 N–H and O–H groups in total. The molecule has 2 heterocycles. The van der Waals surface area contributed by atoms with Crippen LogP contribution in [0, 0.1) is 6.92 Å². The van der Waals surface area contributed by atoms with Crippen LogP contribution in [-0.4, -0.2) is 5.78 Å². The largest absolute Gasteiger partial charge is 0.288 e. The van der Waals surface area contributed by atoms with Crippen molar-refractivity contribution in [2.45, 2.75) is 11.8 Å². The highest BCUT2D eigenvalue weighted by Crippen LogP contribution is 2.41. The zero-order chi connectivity index (χ0) is 11.8. The summed E-state index contributed by atoms with van der Waals surface area (Å²) < 4.78 is 0. The second kappa shape index (κ2) is 4.17. The van der Waals surface area contributed by atoms with Gasteiger partial charge in [0.1, 0.15) is 0 Å². The second-order valence-electron chi connectivity index (χ2n) is 3.90. The van der Waals surface area contributed by atoms with E-state index in [0.29, 0.717) is 0 Å². The molecule has 0 radical (unpaired) electrons. The Balaban J connectivity index is 2.02. The zero-order valence-electron chi connectivity index (χ0n) is 9.27. The molecular weight excluding hydrogens is 248 g/mol. The molecule has 17 heavy (non-hydrogen) atoms. The lowest BCUT2D eigenvalue weighted by Crippen LogP contribution is -1.93. The molecule has 0 spiro atoms. The first kappa shape index (κ1) is 10.8. The molecular formula is C14H10OS2. The van der Waals surface area contributed by atoms with Crippen molar-refractivity contribution in [2.75, 3.05) is 0 Å². The highest BCUT2D eigenvalue weighted by molar-refractivity contribution is 8.04. The van der Waals surface area contributed by atoms with Crippen molar-refractivity contribution < 1.29 is 4.79 Å². The Morgan fingerprint density at radius 2 is 2.00 bits per heavy atom. The number of allylic oxidation sites excluding steroid dienone is 1. The van der Waals surface area contributed by atoms with Crippen molar-refractivity contribution in [3.8, 4) is 0 Å². The average Bonchev–Trinajstić information content (AvgIpc) is 2.87. The van der Waals surface area contributed by atoms with Gasteiger partial charge in [0, 0.05) is 15.3 Å². The van der Waals surface area contributed by atoms with Gasteiger partial charge in [-0.2, -0.15) is 0 Å². The molecule has 1 aromatic heterocycles. The van der Waals surface area contributed by atoms with E-state index >= 15 is 0 Å². The van der Waals surface area contributed by atoms with Crippen molar-refractivity contribution in [3.63, 3.8) is 0 Å². The number of benzene rings is 1. The van der Waals surface area contributed by atoms with Gasteiger partial charge in [-0.1, -0.05) is 23.9 Å². The number of hydrogen-bond acceptors (Lipinski definition) is 3. The first-order valence-corrected chi connectivity index (χ1v) is 7.03. The van der Waals surface area contributed by atoms with E-state index in [9.17, 15) is 4.79 Å². The Morgan fingerprint density at radius 3 is 2.71 bits per heavy atom. The lowest BCUT2D eigenvalue weighted by atomic mass is 10.1. The van der Waals surface area contributed by atoms with E-state index in [1.807, 2.05) is 30.3 Å². The Bertz CT molecular complexity index is 623. The number of hydrogen-bond donors (Lipinski definition) is 0. The fourth-order valence-electron chi connectivity index (χ4n) is 1.79. The molecule has 1 nitrogen and oxygen atoms in total. The van der Waals surface area contributed by atoms with Crippen LogP contribution in [0.5, 0.6) is 0 Å². The summed E-state index contributed by atoms with van der Waals surface area (Å²) in [4.78, 5) is 15.2. The third-order valence-corrected chi connectivity index (χ3v) is 4.80. The number of Topliss-reactive ketones (excluding diaryl/α,β-unsaturated/α-hetero) is 1. The standard InChI is InChI=1S/C14H10OS2/c1-9-6-7-16-12(9)8-13-14(15)10-4-2-3-5-11(10)17-13/h2-8H,1H3. The molecule has 0 saturated carbocycles. The van der Waals surface area contributed by atoms with E-state index in [1.165, 1.54) is 10.4 Å². The fraction of sp³-hybridized carbons (Fsp3) is 0.0714. The van der Waals surface area contributed by atoms with Crippen molar-refractivity contribution in [2.24, 2.45) is 0 Å². The first-order chi connectivity index (χ1) is 8.25. The van der Waals surface area contributed by atoms with Gasteiger partial charge >= 0.3 is 0 Å². The number of rotatable bonds is 1. The molecule has 0 fully saturated rings. The van der Waals surface area contributed by atoms with Gasteiger partial charge in [-0.05, 0) is 42.1 Å². The van der Waals surface area contributed by atoms with E-state index in [2.05, 4.69) is 18.4 Å². The zero-order valence-corrected chi connectivity index (χ0v) is 10.9.